The van der Waals surface area contributed by atoms with Gasteiger partial charge in [0.2, 0.25) is 0 Å². The first-order valence-electron chi connectivity index (χ1n) is 5.19. The molecule has 2 unspecified atom stereocenters. The van der Waals surface area contributed by atoms with Crippen molar-refractivity contribution in [3.63, 3.8) is 0 Å². The molecule has 1 N–H and O–H groups in total. The average Bonchev–Trinajstić information content (AvgIpc) is 2.01. The summed E-state index contributed by atoms with van der Waals surface area (Å²) in [6, 6.07) is 0.101. The Kier molecular flexibility index (Phi) is 3.12. The van der Waals surface area contributed by atoms with E-state index in [4.69, 9.17) is 0 Å². The van der Waals surface area contributed by atoms with Gasteiger partial charge in [-0.05, 0) is 25.3 Å². The molecule has 2 atom stereocenters. The second-order valence-electron chi connectivity index (χ2n) is 5.25. The van der Waals surface area contributed by atoms with E-state index in [1.54, 1.807) is 0 Å². The van der Waals surface area contributed by atoms with Gasteiger partial charge in [-0.3, -0.25) is 4.79 Å². The number of carbonyl (C=O) groups is 1. The number of piperidine rings is 1. The number of hydrogen-bond acceptors (Lipinski definition) is 2. The van der Waals surface area contributed by atoms with Crippen LogP contribution in [0.2, 0.25) is 0 Å². The number of carbonyl (C=O) groups excluding carboxylic acids is 1. The van der Waals surface area contributed by atoms with Crippen LogP contribution in [0.5, 0.6) is 0 Å². The van der Waals surface area contributed by atoms with Crippen LogP contribution in [0.3, 0.4) is 0 Å². The molecule has 0 aromatic carbocycles. The summed E-state index contributed by atoms with van der Waals surface area (Å²) in [6.07, 6.45) is 2.21. The quantitative estimate of drug-likeness (QED) is 0.673. The van der Waals surface area contributed by atoms with Gasteiger partial charge in [0.1, 0.15) is 0 Å². The first-order valence-corrected chi connectivity index (χ1v) is 5.19. The Balaban J connectivity index is 2.56. The fourth-order valence-corrected chi connectivity index (χ4v) is 1.83. The van der Waals surface area contributed by atoms with Crippen LogP contribution in [-0.4, -0.2) is 18.4 Å². The molecule has 0 radical (unpaired) electrons. The van der Waals surface area contributed by atoms with Gasteiger partial charge in [0, 0.05) is 5.41 Å². The Bertz CT molecular complexity index is 193. The van der Waals surface area contributed by atoms with Crippen LogP contribution in [0.4, 0.5) is 0 Å². The highest BCUT2D eigenvalue weighted by molar-refractivity contribution is 5.88. The zero-order chi connectivity index (χ0) is 10.1. The van der Waals surface area contributed by atoms with Gasteiger partial charge in [0.15, 0.2) is 5.78 Å². The van der Waals surface area contributed by atoms with Crippen molar-refractivity contribution in [2.24, 2.45) is 11.3 Å². The van der Waals surface area contributed by atoms with Crippen molar-refractivity contribution in [3.05, 3.63) is 0 Å². The molecular formula is C11H21NO. The molecule has 1 fully saturated rings. The maximum atomic E-state index is 11.9. The highest BCUT2D eigenvalue weighted by Crippen LogP contribution is 2.23. The molecule has 1 aliphatic heterocycles. The molecular weight excluding hydrogens is 162 g/mol. The van der Waals surface area contributed by atoms with E-state index >= 15 is 0 Å². The van der Waals surface area contributed by atoms with E-state index in [9.17, 15) is 4.79 Å². The molecule has 0 aromatic rings. The molecule has 0 amide bonds. The Labute approximate surface area is 81.1 Å². The third kappa shape index (κ3) is 2.80. The van der Waals surface area contributed by atoms with Crippen LogP contribution < -0.4 is 5.32 Å². The minimum atomic E-state index is -0.200. The predicted molar refractivity (Wildman–Crippen MR) is 54.7 cm³/mol. The minimum Gasteiger partial charge on any atom is -0.307 e. The van der Waals surface area contributed by atoms with E-state index in [0.29, 0.717) is 11.7 Å². The summed E-state index contributed by atoms with van der Waals surface area (Å²) in [5, 5.41) is 3.31. The van der Waals surface area contributed by atoms with Crippen LogP contribution >= 0.6 is 0 Å². The Morgan fingerprint density at radius 1 is 1.38 bits per heavy atom. The molecule has 0 bridgehead atoms. The van der Waals surface area contributed by atoms with Gasteiger partial charge >= 0.3 is 0 Å². The summed E-state index contributed by atoms with van der Waals surface area (Å²) in [5.74, 6) is 1.05. The highest BCUT2D eigenvalue weighted by Gasteiger charge is 2.31. The first-order chi connectivity index (χ1) is 5.91. The van der Waals surface area contributed by atoms with Gasteiger partial charge < -0.3 is 5.32 Å². The van der Waals surface area contributed by atoms with Crippen molar-refractivity contribution in [1.82, 2.24) is 5.32 Å². The van der Waals surface area contributed by atoms with Gasteiger partial charge in [-0.1, -0.05) is 27.7 Å². The van der Waals surface area contributed by atoms with Crippen molar-refractivity contribution in [1.29, 1.82) is 0 Å². The largest absolute Gasteiger partial charge is 0.307 e. The third-order valence-corrected chi connectivity index (χ3v) is 2.72. The summed E-state index contributed by atoms with van der Waals surface area (Å²) >= 11 is 0. The van der Waals surface area contributed by atoms with Crippen molar-refractivity contribution >= 4 is 5.78 Å². The monoisotopic (exact) mass is 183 g/mol. The normalized spacial score (nSPS) is 30.2. The van der Waals surface area contributed by atoms with E-state index in [-0.39, 0.29) is 11.5 Å². The average molecular weight is 183 g/mol. The van der Waals surface area contributed by atoms with Gasteiger partial charge in [-0.2, -0.15) is 0 Å². The fraction of sp³-hybridized carbons (Fsp3) is 0.909. The van der Waals surface area contributed by atoms with E-state index in [2.05, 4.69) is 12.2 Å². The standard InChI is InChI=1S/C11H21NO/c1-8-5-6-12-9(7-8)10(13)11(2,3)4/h8-9,12H,5-7H2,1-4H3. The molecule has 13 heavy (non-hydrogen) atoms. The maximum Gasteiger partial charge on any atom is 0.155 e. The van der Waals surface area contributed by atoms with E-state index in [1.165, 1.54) is 6.42 Å². The summed E-state index contributed by atoms with van der Waals surface area (Å²) < 4.78 is 0. The fourth-order valence-electron chi connectivity index (χ4n) is 1.83. The third-order valence-electron chi connectivity index (χ3n) is 2.72. The number of nitrogens with one attached hydrogen (secondary N) is 1. The van der Waals surface area contributed by atoms with Crippen molar-refractivity contribution in [2.45, 2.75) is 46.6 Å². The zero-order valence-electron chi connectivity index (χ0n) is 9.18. The van der Waals surface area contributed by atoms with Crippen LogP contribution in [0.1, 0.15) is 40.5 Å². The molecule has 76 valence electrons. The molecule has 1 saturated heterocycles. The lowest BCUT2D eigenvalue weighted by atomic mass is 9.81. The molecule has 2 nitrogen and oxygen atoms in total. The molecule has 2 heteroatoms. The van der Waals surface area contributed by atoms with Crippen molar-refractivity contribution < 1.29 is 4.79 Å². The molecule has 0 spiro atoms. The zero-order valence-corrected chi connectivity index (χ0v) is 9.18. The molecule has 1 rings (SSSR count). The lowest BCUT2D eigenvalue weighted by Gasteiger charge is -2.31. The van der Waals surface area contributed by atoms with Crippen LogP contribution in [0.25, 0.3) is 0 Å². The second kappa shape index (κ2) is 3.79. The molecule has 0 aromatic heterocycles. The smallest absolute Gasteiger partial charge is 0.155 e. The second-order valence-corrected chi connectivity index (χ2v) is 5.25. The molecule has 0 aliphatic carbocycles. The van der Waals surface area contributed by atoms with Crippen LogP contribution in [0, 0.1) is 11.3 Å². The molecule has 0 saturated carbocycles. The summed E-state index contributed by atoms with van der Waals surface area (Å²) in [7, 11) is 0. The first kappa shape index (κ1) is 10.7. The van der Waals surface area contributed by atoms with E-state index < -0.39 is 0 Å². The number of ketones is 1. The predicted octanol–water partition coefficient (Wildman–Crippen LogP) is 1.99. The van der Waals surface area contributed by atoms with Crippen LogP contribution in [0.15, 0.2) is 0 Å². The van der Waals surface area contributed by atoms with Gasteiger partial charge in [0.25, 0.3) is 0 Å². The lowest BCUT2D eigenvalue weighted by molar-refractivity contribution is -0.129. The Morgan fingerprint density at radius 2 is 2.00 bits per heavy atom. The molecule has 1 aliphatic rings. The van der Waals surface area contributed by atoms with E-state index in [0.717, 1.165) is 13.0 Å². The Hall–Kier alpha value is -0.370. The minimum absolute atomic E-state index is 0.101. The van der Waals surface area contributed by atoms with Gasteiger partial charge in [-0.15, -0.1) is 0 Å². The van der Waals surface area contributed by atoms with Crippen molar-refractivity contribution in [2.75, 3.05) is 6.54 Å². The van der Waals surface area contributed by atoms with Gasteiger partial charge in [-0.25, -0.2) is 0 Å². The Morgan fingerprint density at radius 3 is 2.46 bits per heavy atom. The van der Waals surface area contributed by atoms with Crippen molar-refractivity contribution in [3.8, 4) is 0 Å². The molecule has 1 heterocycles. The lowest BCUT2D eigenvalue weighted by Crippen LogP contribution is -2.47. The summed E-state index contributed by atoms with van der Waals surface area (Å²) in [4.78, 5) is 11.9. The summed E-state index contributed by atoms with van der Waals surface area (Å²) in [6.45, 7) is 9.21. The summed E-state index contributed by atoms with van der Waals surface area (Å²) in [5.41, 5.74) is -0.200. The number of Topliss-reactive ketones (excluding diaryl/α,β-unsaturated/α-hetero) is 1. The SMILES string of the molecule is CC1CCNC(C(=O)C(C)(C)C)C1. The van der Waals surface area contributed by atoms with E-state index in [1.807, 2.05) is 20.8 Å². The highest BCUT2D eigenvalue weighted by atomic mass is 16.1. The van der Waals surface area contributed by atoms with Crippen LogP contribution in [-0.2, 0) is 4.79 Å². The number of rotatable bonds is 1. The maximum absolute atomic E-state index is 11.9. The topological polar surface area (TPSA) is 29.1 Å². The van der Waals surface area contributed by atoms with Gasteiger partial charge in [0.05, 0.1) is 6.04 Å². The number of hydrogen-bond donors (Lipinski definition) is 1.